The predicted octanol–water partition coefficient (Wildman–Crippen LogP) is 1.64. The molecule has 2 amide bonds. The highest BCUT2D eigenvalue weighted by Gasteiger charge is 2.26. The van der Waals surface area contributed by atoms with Gasteiger partial charge in [-0.05, 0) is 31.2 Å². The van der Waals surface area contributed by atoms with Crippen molar-refractivity contribution in [2.45, 2.75) is 26.0 Å². The molecule has 0 unspecified atom stereocenters. The van der Waals surface area contributed by atoms with E-state index in [9.17, 15) is 14.4 Å². The largest absolute Gasteiger partial charge is 0.482 e. The third-order valence-electron chi connectivity index (χ3n) is 4.04. The lowest BCUT2D eigenvalue weighted by atomic mass is 10.2. The highest BCUT2D eigenvalue weighted by molar-refractivity contribution is 5.98. The molecule has 0 spiro atoms. The van der Waals surface area contributed by atoms with Crippen LogP contribution in [0.25, 0.3) is 0 Å². The number of anilines is 1. The van der Waals surface area contributed by atoms with E-state index in [-0.39, 0.29) is 32.0 Å². The summed E-state index contributed by atoms with van der Waals surface area (Å²) in [7, 11) is 0. The van der Waals surface area contributed by atoms with Crippen molar-refractivity contribution in [3.05, 3.63) is 48.4 Å². The number of rotatable bonds is 7. The normalized spacial score (nSPS) is 14.1. The van der Waals surface area contributed by atoms with Gasteiger partial charge in [-0.3, -0.25) is 14.4 Å². The Bertz CT molecular complexity index is 817. The van der Waals surface area contributed by atoms with Gasteiger partial charge in [0.15, 0.2) is 12.7 Å². The Kier molecular flexibility index (Phi) is 5.75. The highest BCUT2D eigenvalue weighted by Crippen LogP contribution is 2.31. The Labute approximate surface area is 156 Å². The molecule has 3 rings (SSSR count). The fourth-order valence-corrected chi connectivity index (χ4v) is 2.64. The minimum Gasteiger partial charge on any atom is -0.482 e. The lowest BCUT2D eigenvalue weighted by Crippen LogP contribution is -2.41. The van der Waals surface area contributed by atoms with Gasteiger partial charge in [0.25, 0.3) is 11.8 Å². The molecule has 0 radical (unpaired) electrons. The van der Waals surface area contributed by atoms with Crippen LogP contribution in [0.15, 0.2) is 47.1 Å². The van der Waals surface area contributed by atoms with Crippen LogP contribution in [0.5, 0.6) is 5.75 Å². The number of carbonyl (C=O) groups is 3. The average Bonchev–Trinajstić information content (AvgIpc) is 3.18. The number of furan rings is 1. The van der Waals surface area contributed by atoms with Crippen LogP contribution in [-0.2, 0) is 25.7 Å². The fraction of sp³-hybridized carbons (Fsp3) is 0.316. The second-order valence-electron chi connectivity index (χ2n) is 5.98. The minimum atomic E-state index is -0.944. The molecule has 2 aromatic rings. The first-order chi connectivity index (χ1) is 13.0. The van der Waals surface area contributed by atoms with Crippen molar-refractivity contribution in [1.82, 2.24) is 5.32 Å². The summed E-state index contributed by atoms with van der Waals surface area (Å²) in [6.45, 7) is 1.79. The summed E-state index contributed by atoms with van der Waals surface area (Å²) in [5.74, 6) is -0.0202. The van der Waals surface area contributed by atoms with Gasteiger partial charge in [0, 0.05) is 6.54 Å². The molecular formula is C19H20N2O6. The van der Waals surface area contributed by atoms with Crippen molar-refractivity contribution in [3.63, 3.8) is 0 Å². The first-order valence-corrected chi connectivity index (χ1v) is 8.56. The van der Waals surface area contributed by atoms with Gasteiger partial charge < -0.3 is 24.1 Å². The van der Waals surface area contributed by atoms with Gasteiger partial charge in [0.1, 0.15) is 11.5 Å². The van der Waals surface area contributed by atoms with E-state index in [0.717, 1.165) is 0 Å². The van der Waals surface area contributed by atoms with Crippen LogP contribution >= 0.6 is 0 Å². The van der Waals surface area contributed by atoms with Crippen molar-refractivity contribution in [1.29, 1.82) is 0 Å². The number of hydrogen-bond donors (Lipinski definition) is 1. The number of benzene rings is 1. The Hall–Kier alpha value is -3.29. The second-order valence-corrected chi connectivity index (χ2v) is 5.98. The second kappa shape index (κ2) is 8.39. The molecule has 142 valence electrons. The van der Waals surface area contributed by atoms with E-state index in [1.165, 1.54) is 18.1 Å². The Morgan fingerprint density at radius 2 is 2.07 bits per heavy atom. The lowest BCUT2D eigenvalue weighted by Gasteiger charge is -2.29. The van der Waals surface area contributed by atoms with Crippen molar-refractivity contribution < 1.29 is 28.3 Å². The van der Waals surface area contributed by atoms with Gasteiger partial charge in [0.05, 0.1) is 24.9 Å². The number of para-hydroxylation sites is 2. The van der Waals surface area contributed by atoms with Gasteiger partial charge in [-0.2, -0.15) is 0 Å². The van der Waals surface area contributed by atoms with E-state index in [1.807, 2.05) is 6.07 Å². The topological polar surface area (TPSA) is 98.1 Å². The number of ether oxygens (including phenoxy) is 2. The lowest BCUT2D eigenvalue weighted by molar-refractivity contribution is -0.154. The highest BCUT2D eigenvalue weighted by atomic mass is 16.5. The van der Waals surface area contributed by atoms with Crippen molar-refractivity contribution in [2.75, 3.05) is 18.1 Å². The Morgan fingerprint density at radius 3 is 2.85 bits per heavy atom. The van der Waals surface area contributed by atoms with Crippen molar-refractivity contribution in [2.24, 2.45) is 0 Å². The van der Waals surface area contributed by atoms with E-state index in [1.54, 1.807) is 30.3 Å². The summed E-state index contributed by atoms with van der Waals surface area (Å²) < 4.78 is 15.6. The standard InChI is InChI=1S/C19H20N2O6/c1-13(19(24)20-11-14-5-4-10-25-14)27-18(23)8-9-21-15-6-2-3-7-16(15)26-12-17(21)22/h2-7,10,13H,8-9,11-12H2,1H3,(H,20,24)/t13-/m1/s1. The number of amides is 2. The molecule has 2 heterocycles. The summed E-state index contributed by atoms with van der Waals surface area (Å²) in [5, 5.41) is 2.62. The van der Waals surface area contributed by atoms with Crippen LogP contribution in [0.1, 0.15) is 19.1 Å². The maximum absolute atomic E-state index is 12.1. The molecule has 1 aliphatic heterocycles. The molecule has 8 heteroatoms. The van der Waals surface area contributed by atoms with Gasteiger partial charge >= 0.3 is 5.97 Å². The van der Waals surface area contributed by atoms with E-state index in [4.69, 9.17) is 13.9 Å². The molecule has 0 saturated carbocycles. The smallest absolute Gasteiger partial charge is 0.308 e. The summed E-state index contributed by atoms with van der Waals surface area (Å²) in [4.78, 5) is 37.6. The molecule has 1 aliphatic rings. The summed E-state index contributed by atoms with van der Waals surface area (Å²) in [6.07, 6.45) is 0.534. The van der Waals surface area contributed by atoms with Gasteiger partial charge in [-0.1, -0.05) is 12.1 Å². The van der Waals surface area contributed by atoms with Gasteiger partial charge in [-0.25, -0.2) is 0 Å². The van der Waals surface area contributed by atoms with Crippen LogP contribution in [0.4, 0.5) is 5.69 Å². The number of nitrogens with one attached hydrogen (secondary N) is 1. The van der Waals surface area contributed by atoms with Crippen LogP contribution in [0.3, 0.4) is 0 Å². The van der Waals surface area contributed by atoms with E-state index in [2.05, 4.69) is 5.32 Å². The van der Waals surface area contributed by atoms with Crippen molar-refractivity contribution in [3.8, 4) is 5.75 Å². The third-order valence-corrected chi connectivity index (χ3v) is 4.04. The summed E-state index contributed by atoms with van der Waals surface area (Å²) in [5.41, 5.74) is 0.616. The van der Waals surface area contributed by atoms with Crippen LogP contribution in [0, 0.1) is 0 Å². The molecule has 1 N–H and O–H groups in total. The molecular weight excluding hydrogens is 352 g/mol. The fourth-order valence-electron chi connectivity index (χ4n) is 2.64. The molecule has 0 saturated heterocycles. The Balaban J connectivity index is 1.48. The maximum Gasteiger partial charge on any atom is 0.308 e. The minimum absolute atomic E-state index is 0.0319. The number of carbonyl (C=O) groups excluding carboxylic acids is 3. The molecule has 8 nitrogen and oxygen atoms in total. The quantitative estimate of drug-likeness (QED) is 0.742. The zero-order valence-electron chi connectivity index (χ0n) is 14.8. The summed E-state index contributed by atoms with van der Waals surface area (Å²) in [6, 6.07) is 10.6. The monoisotopic (exact) mass is 372 g/mol. The predicted molar refractivity (Wildman–Crippen MR) is 95.0 cm³/mol. The van der Waals surface area contributed by atoms with Gasteiger partial charge in [-0.15, -0.1) is 0 Å². The first-order valence-electron chi connectivity index (χ1n) is 8.56. The van der Waals surface area contributed by atoms with E-state index < -0.39 is 18.0 Å². The molecule has 1 atom stereocenters. The molecule has 0 fully saturated rings. The van der Waals surface area contributed by atoms with E-state index in [0.29, 0.717) is 17.2 Å². The first kappa shape index (κ1) is 18.5. The molecule has 1 aromatic carbocycles. The maximum atomic E-state index is 12.1. The number of nitrogens with zero attached hydrogens (tertiary/aromatic N) is 1. The van der Waals surface area contributed by atoms with Gasteiger partial charge in [0.2, 0.25) is 0 Å². The van der Waals surface area contributed by atoms with Crippen LogP contribution in [-0.4, -0.2) is 37.0 Å². The SMILES string of the molecule is C[C@@H](OC(=O)CCN1C(=O)COc2ccccc21)C(=O)NCc1ccco1. The number of hydrogen-bond acceptors (Lipinski definition) is 6. The van der Waals surface area contributed by atoms with E-state index >= 15 is 0 Å². The van der Waals surface area contributed by atoms with Crippen molar-refractivity contribution >= 4 is 23.5 Å². The zero-order chi connectivity index (χ0) is 19.2. The number of esters is 1. The molecule has 27 heavy (non-hydrogen) atoms. The zero-order valence-corrected chi connectivity index (χ0v) is 14.8. The van der Waals surface area contributed by atoms with Crippen LogP contribution < -0.4 is 15.0 Å². The molecule has 0 aliphatic carbocycles. The average molecular weight is 372 g/mol. The Morgan fingerprint density at radius 1 is 1.26 bits per heavy atom. The molecule has 1 aromatic heterocycles. The number of fused-ring (bicyclic) bond motifs is 1. The third kappa shape index (κ3) is 4.66. The summed E-state index contributed by atoms with van der Waals surface area (Å²) >= 11 is 0. The molecule has 0 bridgehead atoms. The van der Waals surface area contributed by atoms with Crippen LogP contribution in [0.2, 0.25) is 0 Å².